The van der Waals surface area contributed by atoms with Crippen LogP contribution in [-0.2, 0) is 0 Å². The second-order valence-corrected chi connectivity index (χ2v) is 7.17. The highest BCUT2D eigenvalue weighted by atomic mass is 79.9. The molecule has 0 atom stereocenters. The van der Waals surface area contributed by atoms with Crippen molar-refractivity contribution in [1.82, 2.24) is 0 Å². The van der Waals surface area contributed by atoms with Crippen molar-refractivity contribution >= 4 is 38.5 Å². The Morgan fingerprint density at radius 3 is 2.55 bits per heavy atom. The van der Waals surface area contributed by atoms with E-state index in [4.69, 9.17) is 9.15 Å². The fourth-order valence-corrected chi connectivity index (χ4v) is 3.52. The van der Waals surface area contributed by atoms with E-state index in [0.29, 0.717) is 43.8 Å². The topological polar surface area (TPSA) is 68.5 Å². The predicted molar refractivity (Wildman–Crippen MR) is 117 cm³/mol. The van der Waals surface area contributed by atoms with Gasteiger partial charge in [0.25, 0.3) is 5.91 Å². The molecule has 5 nitrogen and oxygen atoms in total. The lowest BCUT2D eigenvalue weighted by molar-refractivity contribution is 0.102. The van der Waals surface area contributed by atoms with E-state index in [0.717, 1.165) is 0 Å². The maximum absolute atomic E-state index is 12.7. The summed E-state index contributed by atoms with van der Waals surface area (Å²) in [6, 6.07) is 20.9. The van der Waals surface area contributed by atoms with Gasteiger partial charge in [0.2, 0.25) is 0 Å². The van der Waals surface area contributed by atoms with Gasteiger partial charge in [-0.15, -0.1) is 0 Å². The molecular weight excluding hydrogens is 434 g/mol. The molecule has 1 heterocycles. The van der Waals surface area contributed by atoms with Crippen LogP contribution in [0.25, 0.3) is 22.3 Å². The summed E-state index contributed by atoms with van der Waals surface area (Å²) in [5.41, 5.74) is 1.93. The summed E-state index contributed by atoms with van der Waals surface area (Å²) in [6.45, 7) is 0. The largest absolute Gasteiger partial charge is 0.496 e. The Balaban J connectivity index is 1.71. The average molecular weight is 450 g/mol. The zero-order chi connectivity index (χ0) is 20.4. The number of rotatable bonds is 4. The molecule has 0 bridgehead atoms. The number of hydrogen-bond acceptors (Lipinski definition) is 4. The van der Waals surface area contributed by atoms with Crippen molar-refractivity contribution in [3.8, 4) is 17.1 Å². The summed E-state index contributed by atoms with van der Waals surface area (Å²) in [7, 11) is 1.57. The van der Waals surface area contributed by atoms with Gasteiger partial charge < -0.3 is 14.5 Å². The van der Waals surface area contributed by atoms with E-state index >= 15 is 0 Å². The average Bonchev–Trinajstić information content (AvgIpc) is 2.74. The van der Waals surface area contributed by atoms with E-state index in [1.54, 1.807) is 49.6 Å². The first-order valence-electron chi connectivity index (χ1n) is 8.84. The molecule has 0 saturated carbocycles. The second kappa shape index (κ2) is 7.93. The molecular formula is C23H16BrNO4. The first-order valence-corrected chi connectivity index (χ1v) is 9.63. The van der Waals surface area contributed by atoms with Crippen LogP contribution in [-0.4, -0.2) is 13.0 Å². The maximum Gasteiger partial charge on any atom is 0.256 e. The van der Waals surface area contributed by atoms with Crippen LogP contribution in [0.4, 0.5) is 5.69 Å². The smallest absolute Gasteiger partial charge is 0.256 e. The third kappa shape index (κ3) is 3.79. The molecule has 3 aromatic carbocycles. The van der Waals surface area contributed by atoms with Crippen molar-refractivity contribution in [2.75, 3.05) is 12.4 Å². The number of hydrogen-bond donors (Lipinski definition) is 1. The van der Waals surface area contributed by atoms with Crippen LogP contribution in [0.5, 0.6) is 5.75 Å². The zero-order valence-electron chi connectivity index (χ0n) is 15.4. The summed E-state index contributed by atoms with van der Waals surface area (Å²) in [6.07, 6.45) is 0. The van der Waals surface area contributed by atoms with Crippen molar-refractivity contribution in [1.29, 1.82) is 0 Å². The molecule has 0 aliphatic heterocycles. The lowest BCUT2D eigenvalue weighted by Crippen LogP contribution is -2.13. The number of amides is 1. The molecule has 4 aromatic rings. The Labute approximate surface area is 175 Å². The van der Waals surface area contributed by atoms with Crippen molar-refractivity contribution < 1.29 is 13.9 Å². The molecule has 0 spiro atoms. The van der Waals surface area contributed by atoms with E-state index in [1.807, 2.05) is 24.3 Å². The van der Waals surface area contributed by atoms with E-state index in [-0.39, 0.29) is 11.3 Å². The predicted octanol–water partition coefficient (Wildman–Crippen LogP) is 5.48. The van der Waals surface area contributed by atoms with Gasteiger partial charge in [-0.25, -0.2) is 0 Å². The monoisotopic (exact) mass is 449 g/mol. The summed E-state index contributed by atoms with van der Waals surface area (Å²) >= 11 is 3.37. The third-order valence-electron chi connectivity index (χ3n) is 4.48. The van der Waals surface area contributed by atoms with Crippen LogP contribution in [0.2, 0.25) is 0 Å². The Hall–Kier alpha value is -3.38. The summed E-state index contributed by atoms with van der Waals surface area (Å²) in [4.78, 5) is 25.2. The lowest BCUT2D eigenvalue weighted by Gasteiger charge is -2.10. The van der Waals surface area contributed by atoms with Crippen molar-refractivity contribution in [3.05, 3.63) is 93.1 Å². The number of ether oxygens (including phenoxy) is 1. The number of para-hydroxylation sites is 1. The van der Waals surface area contributed by atoms with Gasteiger partial charge in [-0.2, -0.15) is 0 Å². The molecule has 1 amide bonds. The molecule has 0 radical (unpaired) electrons. The Morgan fingerprint density at radius 2 is 1.76 bits per heavy atom. The minimum Gasteiger partial charge on any atom is -0.496 e. The SMILES string of the molecule is COc1ccccc1-c1cc(=O)c2cc(NC(=O)c3ccccc3Br)ccc2o1. The van der Waals surface area contributed by atoms with Gasteiger partial charge in [0, 0.05) is 16.2 Å². The van der Waals surface area contributed by atoms with Crippen LogP contribution in [0.3, 0.4) is 0 Å². The van der Waals surface area contributed by atoms with Gasteiger partial charge in [0.15, 0.2) is 5.43 Å². The standard InChI is InChI=1S/C23H16BrNO4/c1-28-20-9-5-3-7-16(20)22-13-19(26)17-12-14(10-11-21(17)29-22)25-23(27)15-6-2-4-8-18(15)24/h2-13H,1H3,(H,25,27). The van der Waals surface area contributed by atoms with Crippen molar-refractivity contribution in [2.24, 2.45) is 0 Å². The lowest BCUT2D eigenvalue weighted by atomic mass is 10.1. The minimum absolute atomic E-state index is 0.204. The highest BCUT2D eigenvalue weighted by Gasteiger charge is 2.13. The van der Waals surface area contributed by atoms with E-state index in [2.05, 4.69) is 21.2 Å². The highest BCUT2D eigenvalue weighted by Crippen LogP contribution is 2.31. The van der Waals surface area contributed by atoms with Crippen LogP contribution >= 0.6 is 15.9 Å². The highest BCUT2D eigenvalue weighted by molar-refractivity contribution is 9.10. The molecule has 0 aliphatic rings. The van der Waals surface area contributed by atoms with Gasteiger partial charge in [0.1, 0.15) is 17.1 Å². The van der Waals surface area contributed by atoms with E-state index in [1.165, 1.54) is 6.07 Å². The molecule has 1 N–H and O–H groups in total. The van der Waals surface area contributed by atoms with Gasteiger partial charge in [-0.1, -0.05) is 24.3 Å². The Bertz CT molecular complexity index is 1280. The molecule has 4 rings (SSSR count). The molecule has 0 fully saturated rings. The number of anilines is 1. The normalized spacial score (nSPS) is 10.7. The fourth-order valence-electron chi connectivity index (χ4n) is 3.06. The summed E-state index contributed by atoms with van der Waals surface area (Å²) in [5, 5.41) is 3.20. The first kappa shape index (κ1) is 19.0. The molecule has 0 aliphatic carbocycles. The first-order chi connectivity index (χ1) is 14.1. The number of carbonyl (C=O) groups excluding carboxylic acids is 1. The number of carbonyl (C=O) groups is 1. The Kier molecular flexibility index (Phi) is 5.18. The van der Waals surface area contributed by atoms with Crippen LogP contribution < -0.4 is 15.5 Å². The number of fused-ring (bicyclic) bond motifs is 1. The number of nitrogens with one attached hydrogen (secondary N) is 1. The van der Waals surface area contributed by atoms with E-state index in [9.17, 15) is 9.59 Å². The Morgan fingerprint density at radius 1 is 1.00 bits per heavy atom. The van der Waals surface area contributed by atoms with Gasteiger partial charge >= 0.3 is 0 Å². The minimum atomic E-state index is -0.271. The maximum atomic E-state index is 12.7. The molecule has 0 unspecified atom stereocenters. The molecule has 144 valence electrons. The van der Waals surface area contributed by atoms with Crippen LogP contribution in [0.1, 0.15) is 10.4 Å². The van der Waals surface area contributed by atoms with Crippen molar-refractivity contribution in [2.45, 2.75) is 0 Å². The van der Waals surface area contributed by atoms with Crippen molar-refractivity contribution in [3.63, 3.8) is 0 Å². The van der Waals surface area contributed by atoms with Gasteiger partial charge in [-0.3, -0.25) is 9.59 Å². The summed E-state index contributed by atoms with van der Waals surface area (Å²) in [5.74, 6) is 0.768. The van der Waals surface area contributed by atoms with Crippen LogP contribution in [0.15, 0.2) is 86.5 Å². The fraction of sp³-hybridized carbons (Fsp3) is 0.0435. The van der Waals surface area contributed by atoms with E-state index < -0.39 is 0 Å². The molecule has 29 heavy (non-hydrogen) atoms. The second-order valence-electron chi connectivity index (χ2n) is 6.32. The molecule has 1 aromatic heterocycles. The van der Waals surface area contributed by atoms with Crippen LogP contribution in [0, 0.1) is 0 Å². The van der Waals surface area contributed by atoms with Gasteiger partial charge in [0.05, 0.1) is 23.6 Å². The van der Waals surface area contributed by atoms with Gasteiger partial charge in [-0.05, 0) is 58.4 Å². The summed E-state index contributed by atoms with van der Waals surface area (Å²) < 4.78 is 12.0. The quantitative estimate of drug-likeness (QED) is 0.447. The molecule has 0 saturated heterocycles. The number of benzene rings is 3. The zero-order valence-corrected chi connectivity index (χ0v) is 17.0. The number of methoxy groups -OCH3 is 1. The number of halogens is 1. The third-order valence-corrected chi connectivity index (χ3v) is 5.17. The molecule has 6 heteroatoms.